The van der Waals surface area contributed by atoms with E-state index in [0.29, 0.717) is 28.2 Å². The lowest BCUT2D eigenvalue weighted by Gasteiger charge is -2.10. The summed E-state index contributed by atoms with van der Waals surface area (Å²) >= 11 is 5.85. The summed E-state index contributed by atoms with van der Waals surface area (Å²) in [6, 6.07) is 15.0. The first-order chi connectivity index (χ1) is 15.1. The number of aryl methyl sites for hydroxylation is 1. The Morgan fingerprint density at radius 3 is 2.61 bits per heavy atom. The van der Waals surface area contributed by atoms with Gasteiger partial charge in [-0.15, -0.1) is 0 Å². The highest BCUT2D eigenvalue weighted by atomic mass is 35.5. The van der Waals surface area contributed by atoms with Crippen molar-refractivity contribution in [3.63, 3.8) is 0 Å². The second-order valence-corrected chi connectivity index (χ2v) is 7.11. The Morgan fingerprint density at radius 2 is 1.90 bits per heavy atom. The minimum absolute atomic E-state index is 0.289. The number of H-pyrrole nitrogens is 1. The van der Waals surface area contributed by atoms with Gasteiger partial charge in [-0.3, -0.25) is 0 Å². The Kier molecular flexibility index (Phi) is 5.95. The van der Waals surface area contributed by atoms with Crippen molar-refractivity contribution in [1.29, 1.82) is 0 Å². The Hall–Kier alpha value is -3.71. The first-order valence-corrected chi connectivity index (χ1v) is 10.1. The number of benzene rings is 1. The number of carbonyl (C=O) groups is 1. The molecule has 0 spiro atoms. The number of aromatic nitrogens is 4. The highest BCUT2D eigenvalue weighted by Crippen LogP contribution is 2.37. The van der Waals surface area contributed by atoms with E-state index >= 15 is 0 Å². The number of esters is 1. The number of hydrogen-bond donors (Lipinski definition) is 2. The van der Waals surface area contributed by atoms with Gasteiger partial charge >= 0.3 is 5.97 Å². The van der Waals surface area contributed by atoms with Crippen LogP contribution in [0.5, 0.6) is 0 Å². The molecular weight excluding hydrogens is 414 g/mol. The zero-order valence-corrected chi connectivity index (χ0v) is 17.8. The van der Waals surface area contributed by atoms with E-state index in [9.17, 15) is 4.79 Å². The van der Waals surface area contributed by atoms with Crippen LogP contribution in [-0.4, -0.2) is 32.5 Å². The van der Waals surface area contributed by atoms with Gasteiger partial charge in [-0.1, -0.05) is 41.9 Å². The van der Waals surface area contributed by atoms with Crippen LogP contribution in [0.15, 0.2) is 60.9 Å². The van der Waals surface area contributed by atoms with Crippen molar-refractivity contribution in [3.8, 4) is 22.4 Å². The Labute approximate surface area is 184 Å². The number of anilines is 2. The molecule has 0 unspecified atom stereocenters. The summed E-state index contributed by atoms with van der Waals surface area (Å²) in [6.07, 6.45) is 3.27. The van der Waals surface area contributed by atoms with Crippen LogP contribution >= 0.6 is 11.6 Å². The van der Waals surface area contributed by atoms with Gasteiger partial charge in [0.15, 0.2) is 0 Å². The number of nitrogens with one attached hydrogen (secondary N) is 2. The van der Waals surface area contributed by atoms with Crippen molar-refractivity contribution in [2.75, 3.05) is 11.9 Å². The molecule has 0 bridgehead atoms. The molecule has 7 nitrogen and oxygen atoms in total. The van der Waals surface area contributed by atoms with Gasteiger partial charge in [0.25, 0.3) is 0 Å². The predicted molar refractivity (Wildman–Crippen MR) is 120 cm³/mol. The van der Waals surface area contributed by atoms with Gasteiger partial charge in [-0.25, -0.2) is 19.7 Å². The van der Waals surface area contributed by atoms with Crippen LogP contribution in [0.3, 0.4) is 0 Å². The average Bonchev–Trinajstić information content (AvgIpc) is 3.13. The molecule has 0 saturated carbocycles. The summed E-state index contributed by atoms with van der Waals surface area (Å²) in [5.74, 6) is -0.00531. The largest absolute Gasteiger partial charge is 0.461 e. The summed E-state index contributed by atoms with van der Waals surface area (Å²) in [5.41, 5.74) is 5.03. The molecule has 0 saturated heterocycles. The summed E-state index contributed by atoms with van der Waals surface area (Å²) in [7, 11) is 0. The third kappa shape index (κ3) is 4.41. The Balaban J connectivity index is 1.80. The van der Waals surface area contributed by atoms with Crippen LogP contribution < -0.4 is 5.32 Å². The molecule has 0 aliphatic heterocycles. The predicted octanol–water partition coefficient (Wildman–Crippen LogP) is 5.42. The molecule has 0 fully saturated rings. The number of rotatable bonds is 6. The standard InChI is InChI=1S/C23H20ClN5O2/c1-3-31-22(30)21-20(15-7-5-4-6-8-15)19(14(2)27-21)17-11-12-25-23(29-17)28-16-9-10-18(24)26-13-16/h4-13,27H,3H2,1-2H3,(H,25,28,29). The monoisotopic (exact) mass is 433 g/mol. The maximum absolute atomic E-state index is 12.7. The first kappa shape index (κ1) is 20.6. The molecule has 4 aromatic rings. The van der Waals surface area contributed by atoms with Gasteiger partial charge in [0.05, 0.1) is 24.2 Å². The molecule has 0 aliphatic carbocycles. The van der Waals surface area contributed by atoms with Crippen LogP contribution in [0.4, 0.5) is 11.6 Å². The van der Waals surface area contributed by atoms with Gasteiger partial charge in [0, 0.05) is 23.0 Å². The van der Waals surface area contributed by atoms with E-state index in [2.05, 4.69) is 25.3 Å². The third-order valence-electron chi connectivity index (χ3n) is 4.62. The van der Waals surface area contributed by atoms with Gasteiger partial charge in [0.1, 0.15) is 10.8 Å². The highest BCUT2D eigenvalue weighted by molar-refractivity contribution is 6.29. The molecule has 0 amide bonds. The van der Waals surface area contributed by atoms with E-state index in [4.69, 9.17) is 16.3 Å². The zero-order valence-electron chi connectivity index (χ0n) is 17.0. The molecule has 4 rings (SSSR count). The second-order valence-electron chi connectivity index (χ2n) is 6.72. The number of halogens is 1. The lowest BCUT2D eigenvalue weighted by molar-refractivity contribution is 0.0521. The van der Waals surface area contributed by atoms with Crippen LogP contribution in [-0.2, 0) is 4.74 Å². The van der Waals surface area contributed by atoms with Crippen LogP contribution in [0.2, 0.25) is 5.15 Å². The van der Waals surface area contributed by atoms with Crippen molar-refractivity contribution >= 4 is 29.2 Å². The third-order valence-corrected chi connectivity index (χ3v) is 4.85. The summed E-state index contributed by atoms with van der Waals surface area (Å²) in [5, 5.41) is 3.53. The van der Waals surface area contributed by atoms with Crippen LogP contribution in [0, 0.1) is 6.92 Å². The number of nitrogens with zero attached hydrogens (tertiary/aromatic N) is 3. The summed E-state index contributed by atoms with van der Waals surface area (Å²) in [6.45, 7) is 3.98. The quantitative estimate of drug-likeness (QED) is 0.311. The molecule has 0 atom stereocenters. The van der Waals surface area contributed by atoms with Crippen LogP contribution in [0.1, 0.15) is 23.1 Å². The minimum Gasteiger partial charge on any atom is -0.461 e. The molecule has 0 radical (unpaired) electrons. The smallest absolute Gasteiger partial charge is 0.355 e. The molecule has 8 heteroatoms. The lowest BCUT2D eigenvalue weighted by Crippen LogP contribution is -2.06. The van der Waals surface area contributed by atoms with E-state index in [1.165, 1.54) is 0 Å². The second kappa shape index (κ2) is 8.97. The Morgan fingerprint density at radius 1 is 1.10 bits per heavy atom. The van der Waals surface area contributed by atoms with E-state index in [1.807, 2.05) is 43.3 Å². The number of aromatic amines is 1. The van der Waals surface area contributed by atoms with Crippen molar-refractivity contribution in [2.24, 2.45) is 0 Å². The molecule has 31 heavy (non-hydrogen) atoms. The fourth-order valence-electron chi connectivity index (χ4n) is 3.33. The number of carbonyl (C=O) groups excluding carboxylic acids is 1. The molecular formula is C23H20ClN5O2. The van der Waals surface area contributed by atoms with Gasteiger partial charge < -0.3 is 15.0 Å². The minimum atomic E-state index is -0.407. The van der Waals surface area contributed by atoms with Crippen LogP contribution in [0.25, 0.3) is 22.4 Å². The molecule has 2 N–H and O–H groups in total. The first-order valence-electron chi connectivity index (χ1n) is 9.74. The summed E-state index contributed by atoms with van der Waals surface area (Å²) < 4.78 is 5.27. The average molecular weight is 434 g/mol. The van der Waals surface area contributed by atoms with Crippen molar-refractivity contribution in [2.45, 2.75) is 13.8 Å². The normalized spacial score (nSPS) is 10.7. The molecule has 3 aromatic heterocycles. The lowest BCUT2D eigenvalue weighted by atomic mass is 9.98. The number of hydrogen-bond acceptors (Lipinski definition) is 6. The SMILES string of the molecule is CCOC(=O)c1[nH]c(C)c(-c2ccnc(Nc3ccc(Cl)nc3)n2)c1-c1ccccc1. The number of ether oxygens (including phenoxy) is 1. The molecule has 3 heterocycles. The molecule has 1 aromatic carbocycles. The van der Waals surface area contributed by atoms with E-state index in [0.717, 1.165) is 22.4 Å². The van der Waals surface area contributed by atoms with Gasteiger partial charge in [-0.05, 0) is 37.6 Å². The van der Waals surface area contributed by atoms with E-state index in [1.54, 1.807) is 31.5 Å². The van der Waals surface area contributed by atoms with E-state index < -0.39 is 5.97 Å². The maximum atomic E-state index is 12.7. The molecule has 156 valence electrons. The fourth-order valence-corrected chi connectivity index (χ4v) is 3.44. The van der Waals surface area contributed by atoms with Crippen molar-refractivity contribution < 1.29 is 9.53 Å². The molecule has 0 aliphatic rings. The van der Waals surface area contributed by atoms with Crippen molar-refractivity contribution in [3.05, 3.63) is 77.5 Å². The maximum Gasteiger partial charge on any atom is 0.355 e. The van der Waals surface area contributed by atoms with Crippen molar-refractivity contribution in [1.82, 2.24) is 19.9 Å². The highest BCUT2D eigenvalue weighted by Gasteiger charge is 2.24. The van der Waals surface area contributed by atoms with E-state index in [-0.39, 0.29) is 6.61 Å². The number of pyridine rings is 1. The summed E-state index contributed by atoms with van der Waals surface area (Å²) in [4.78, 5) is 28.9. The van der Waals surface area contributed by atoms with Gasteiger partial charge in [0.2, 0.25) is 5.95 Å². The zero-order chi connectivity index (χ0) is 21.8. The topological polar surface area (TPSA) is 92.8 Å². The Bertz CT molecular complexity index is 1210. The van der Waals surface area contributed by atoms with Gasteiger partial charge in [-0.2, -0.15) is 0 Å². The fraction of sp³-hybridized carbons (Fsp3) is 0.130.